The Kier molecular flexibility index (Phi) is 2.53. The average Bonchev–Trinajstić information content (AvgIpc) is 2.64. The molecule has 1 aliphatic heterocycles. The fourth-order valence-corrected chi connectivity index (χ4v) is 1.84. The standard InChI is InChI=1S/C12H15NO/c1-2-3-12(14)10-5-4-9-6-7-13-11(9)8-10/h4-5,8,13H,2-3,6-7H2,1H3. The van der Waals surface area contributed by atoms with Gasteiger partial charge in [-0.1, -0.05) is 19.1 Å². The highest BCUT2D eigenvalue weighted by Crippen LogP contribution is 2.23. The van der Waals surface area contributed by atoms with Crippen LogP contribution in [-0.2, 0) is 6.42 Å². The van der Waals surface area contributed by atoms with Crippen molar-refractivity contribution in [1.29, 1.82) is 0 Å². The van der Waals surface area contributed by atoms with Gasteiger partial charge >= 0.3 is 0 Å². The van der Waals surface area contributed by atoms with Crippen molar-refractivity contribution < 1.29 is 4.79 Å². The number of rotatable bonds is 3. The van der Waals surface area contributed by atoms with Crippen molar-refractivity contribution in [2.45, 2.75) is 26.2 Å². The first-order valence-corrected chi connectivity index (χ1v) is 5.21. The molecule has 2 heteroatoms. The molecule has 0 saturated heterocycles. The molecular weight excluding hydrogens is 174 g/mol. The van der Waals surface area contributed by atoms with Crippen molar-refractivity contribution in [3.8, 4) is 0 Å². The normalized spacial score (nSPS) is 13.5. The minimum atomic E-state index is 0.254. The van der Waals surface area contributed by atoms with Crippen LogP contribution in [0.25, 0.3) is 0 Å². The van der Waals surface area contributed by atoms with E-state index < -0.39 is 0 Å². The molecule has 0 unspecified atom stereocenters. The highest BCUT2D eigenvalue weighted by atomic mass is 16.1. The number of hydrogen-bond acceptors (Lipinski definition) is 2. The van der Waals surface area contributed by atoms with Crippen LogP contribution >= 0.6 is 0 Å². The van der Waals surface area contributed by atoms with Crippen molar-refractivity contribution in [3.63, 3.8) is 0 Å². The van der Waals surface area contributed by atoms with Crippen molar-refractivity contribution in [1.82, 2.24) is 0 Å². The van der Waals surface area contributed by atoms with Gasteiger partial charge in [-0.05, 0) is 24.5 Å². The molecular formula is C12H15NO. The second kappa shape index (κ2) is 3.82. The second-order valence-corrected chi connectivity index (χ2v) is 3.72. The molecule has 2 rings (SSSR count). The lowest BCUT2D eigenvalue weighted by molar-refractivity contribution is 0.0982. The van der Waals surface area contributed by atoms with Crippen molar-refractivity contribution >= 4 is 11.5 Å². The van der Waals surface area contributed by atoms with Gasteiger partial charge in [0.1, 0.15) is 0 Å². The van der Waals surface area contributed by atoms with Crippen LogP contribution in [0.2, 0.25) is 0 Å². The van der Waals surface area contributed by atoms with Gasteiger partial charge < -0.3 is 5.32 Å². The quantitative estimate of drug-likeness (QED) is 0.740. The fourth-order valence-electron chi connectivity index (χ4n) is 1.84. The number of ketones is 1. The number of Topliss-reactive ketones (excluding diaryl/α,β-unsaturated/α-hetero) is 1. The van der Waals surface area contributed by atoms with Gasteiger partial charge in [0.05, 0.1) is 0 Å². The molecule has 1 heterocycles. The largest absolute Gasteiger partial charge is 0.384 e. The van der Waals surface area contributed by atoms with E-state index in [0.29, 0.717) is 6.42 Å². The van der Waals surface area contributed by atoms with Gasteiger partial charge in [0.15, 0.2) is 5.78 Å². The van der Waals surface area contributed by atoms with Crippen LogP contribution < -0.4 is 5.32 Å². The molecule has 0 atom stereocenters. The number of nitrogens with one attached hydrogen (secondary N) is 1. The van der Waals surface area contributed by atoms with E-state index in [9.17, 15) is 4.79 Å². The van der Waals surface area contributed by atoms with Crippen LogP contribution in [0.15, 0.2) is 18.2 Å². The first-order valence-electron chi connectivity index (χ1n) is 5.21. The predicted molar refractivity (Wildman–Crippen MR) is 57.9 cm³/mol. The number of carbonyl (C=O) groups excluding carboxylic acids is 1. The topological polar surface area (TPSA) is 29.1 Å². The lowest BCUT2D eigenvalue weighted by atomic mass is 10.0. The summed E-state index contributed by atoms with van der Waals surface area (Å²) in [4.78, 5) is 11.6. The molecule has 1 aromatic rings. The van der Waals surface area contributed by atoms with Gasteiger partial charge in [-0.2, -0.15) is 0 Å². The molecule has 0 saturated carbocycles. The van der Waals surface area contributed by atoms with E-state index in [2.05, 4.69) is 11.4 Å². The molecule has 74 valence electrons. The SMILES string of the molecule is CCCC(=O)c1ccc2c(c1)NCC2. The number of carbonyl (C=O) groups is 1. The maximum Gasteiger partial charge on any atom is 0.162 e. The Labute approximate surface area is 84.3 Å². The third kappa shape index (κ3) is 1.65. The summed E-state index contributed by atoms with van der Waals surface area (Å²) in [6.07, 6.45) is 2.65. The molecule has 1 N–H and O–H groups in total. The summed E-state index contributed by atoms with van der Waals surface area (Å²) >= 11 is 0. The maximum absolute atomic E-state index is 11.6. The van der Waals surface area contributed by atoms with E-state index in [1.165, 1.54) is 5.56 Å². The number of anilines is 1. The highest BCUT2D eigenvalue weighted by Gasteiger charge is 2.12. The Morgan fingerprint density at radius 1 is 1.50 bits per heavy atom. The fraction of sp³-hybridized carbons (Fsp3) is 0.417. The summed E-state index contributed by atoms with van der Waals surface area (Å²) in [7, 11) is 0. The van der Waals surface area contributed by atoms with Gasteiger partial charge in [0, 0.05) is 24.2 Å². The summed E-state index contributed by atoms with van der Waals surface area (Å²) in [6.45, 7) is 3.03. The molecule has 0 aliphatic carbocycles. The summed E-state index contributed by atoms with van der Waals surface area (Å²) in [5.41, 5.74) is 3.32. The molecule has 1 aromatic carbocycles. The summed E-state index contributed by atoms with van der Waals surface area (Å²) in [5.74, 6) is 0.254. The van der Waals surface area contributed by atoms with Crippen LogP contribution in [0.1, 0.15) is 35.7 Å². The first kappa shape index (κ1) is 9.25. The van der Waals surface area contributed by atoms with Gasteiger partial charge in [0.2, 0.25) is 0 Å². The third-order valence-corrected chi connectivity index (χ3v) is 2.62. The van der Waals surface area contributed by atoms with Crippen molar-refractivity contribution in [2.75, 3.05) is 11.9 Å². The average molecular weight is 189 g/mol. The predicted octanol–water partition coefficient (Wildman–Crippen LogP) is 2.64. The molecule has 2 nitrogen and oxygen atoms in total. The lowest BCUT2D eigenvalue weighted by Crippen LogP contribution is -1.99. The number of benzene rings is 1. The van der Waals surface area contributed by atoms with Gasteiger partial charge in [-0.15, -0.1) is 0 Å². The van der Waals surface area contributed by atoms with Crippen molar-refractivity contribution in [3.05, 3.63) is 29.3 Å². The van der Waals surface area contributed by atoms with Crippen LogP contribution in [0, 0.1) is 0 Å². The molecule has 0 aromatic heterocycles. The summed E-state index contributed by atoms with van der Waals surface area (Å²) < 4.78 is 0. The number of hydrogen-bond donors (Lipinski definition) is 1. The zero-order chi connectivity index (χ0) is 9.97. The minimum absolute atomic E-state index is 0.254. The molecule has 0 spiro atoms. The third-order valence-electron chi connectivity index (χ3n) is 2.62. The molecule has 1 aliphatic rings. The van der Waals surface area contributed by atoms with Crippen LogP contribution in [0.5, 0.6) is 0 Å². The minimum Gasteiger partial charge on any atom is -0.384 e. The first-order chi connectivity index (χ1) is 6.81. The maximum atomic E-state index is 11.6. The van der Waals surface area contributed by atoms with Crippen LogP contribution in [0.3, 0.4) is 0 Å². The molecule has 0 bridgehead atoms. The lowest BCUT2D eigenvalue weighted by Gasteiger charge is -2.03. The van der Waals surface area contributed by atoms with E-state index in [1.54, 1.807) is 0 Å². The Morgan fingerprint density at radius 3 is 3.14 bits per heavy atom. The number of fused-ring (bicyclic) bond motifs is 1. The Morgan fingerprint density at radius 2 is 2.36 bits per heavy atom. The van der Waals surface area contributed by atoms with Crippen molar-refractivity contribution in [2.24, 2.45) is 0 Å². The molecule has 0 radical (unpaired) electrons. The monoisotopic (exact) mass is 189 g/mol. The van der Waals surface area contributed by atoms with E-state index in [-0.39, 0.29) is 5.78 Å². The second-order valence-electron chi connectivity index (χ2n) is 3.72. The van der Waals surface area contributed by atoms with E-state index in [4.69, 9.17) is 0 Å². The Balaban J connectivity index is 2.24. The van der Waals surface area contributed by atoms with Crippen LogP contribution in [0.4, 0.5) is 5.69 Å². The summed E-state index contributed by atoms with van der Waals surface area (Å²) in [5, 5.41) is 3.29. The summed E-state index contributed by atoms with van der Waals surface area (Å²) in [6, 6.07) is 6.00. The molecule has 0 amide bonds. The smallest absolute Gasteiger partial charge is 0.162 e. The van der Waals surface area contributed by atoms with Gasteiger partial charge in [0.25, 0.3) is 0 Å². The van der Waals surface area contributed by atoms with E-state index >= 15 is 0 Å². The van der Waals surface area contributed by atoms with Crippen LogP contribution in [-0.4, -0.2) is 12.3 Å². The Bertz CT molecular complexity index is 357. The highest BCUT2D eigenvalue weighted by molar-refractivity contribution is 5.97. The molecule has 0 fully saturated rings. The molecule has 14 heavy (non-hydrogen) atoms. The van der Waals surface area contributed by atoms with Gasteiger partial charge in [-0.3, -0.25) is 4.79 Å². The Hall–Kier alpha value is -1.31. The van der Waals surface area contributed by atoms with E-state index in [0.717, 1.165) is 30.6 Å². The van der Waals surface area contributed by atoms with Gasteiger partial charge in [-0.25, -0.2) is 0 Å². The van der Waals surface area contributed by atoms with E-state index in [1.807, 2.05) is 19.1 Å². The zero-order valence-corrected chi connectivity index (χ0v) is 8.47. The zero-order valence-electron chi connectivity index (χ0n) is 8.47.